The number of nitrogens with zero attached hydrogens (tertiary/aromatic N) is 7. The molecule has 1 aromatic carbocycles. The van der Waals surface area contributed by atoms with Crippen molar-refractivity contribution in [2.24, 2.45) is 0 Å². The van der Waals surface area contributed by atoms with Crippen LogP contribution in [0.5, 0.6) is 0 Å². The van der Waals surface area contributed by atoms with E-state index in [1.54, 1.807) is 6.20 Å². The predicted molar refractivity (Wildman–Crippen MR) is 109 cm³/mol. The Labute approximate surface area is 185 Å². The number of pyridine rings is 1. The van der Waals surface area contributed by atoms with Crippen LogP contribution in [0.4, 0.5) is 13.2 Å². The summed E-state index contributed by atoms with van der Waals surface area (Å²) in [6, 6.07) is 6.77. The van der Waals surface area contributed by atoms with Crippen molar-refractivity contribution in [3.63, 3.8) is 0 Å². The van der Waals surface area contributed by atoms with E-state index in [9.17, 15) is 13.2 Å². The van der Waals surface area contributed by atoms with E-state index in [0.717, 1.165) is 18.2 Å². The van der Waals surface area contributed by atoms with E-state index in [4.69, 9.17) is 16.0 Å². The van der Waals surface area contributed by atoms with Crippen molar-refractivity contribution >= 4 is 11.6 Å². The fraction of sp³-hybridized carbons (Fsp3) is 0.250. The van der Waals surface area contributed by atoms with Gasteiger partial charge in [0.2, 0.25) is 5.89 Å². The number of rotatable bonds is 7. The Kier molecular flexibility index (Phi) is 6.19. The zero-order chi connectivity index (χ0) is 22.8. The van der Waals surface area contributed by atoms with E-state index in [1.807, 2.05) is 37.2 Å². The summed E-state index contributed by atoms with van der Waals surface area (Å²) in [5.41, 5.74) is 2.47. The van der Waals surface area contributed by atoms with E-state index < -0.39 is 18.1 Å². The fourth-order valence-electron chi connectivity index (χ4n) is 3.02. The zero-order valence-corrected chi connectivity index (χ0v) is 17.8. The van der Waals surface area contributed by atoms with Gasteiger partial charge in [-0.25, -0.2) is 9.07 Å². The number of alkyl halides is 2. The van der Waals surface area contributed by atoms with Gasteiger partial charge in [0.25, 0.3) is 5.89 Å². The van der Waals surface area contributed by atoms with E-state index in [2.05, 4.69) is 25.5 Å². The largest absolute Gasteiger partial charge is 0.415 e. The normalized spacial score (nSPS) is 11.6. The number of aromatic nitrogens is 6. The summed E-state index contributed by atoms with van der Waals surface area (Å²) in [6.45, 7) is 0.752. The van der Waals surface area contributed by atoms with E-state index in [1.165, 1.54) is 10.9 Å². The molecule has 0 aliphatic rings. The second-order valence-electron chi connectivity index (χ2n) is 7.25. The number of halogens is 4. The molecule has 12 heteroatoms. The number of hydrogen-bond donors (Lipinski definition) is 0. The molecule has 0 aliphatic carbocycles. The van der Waals surface area contributed by atoms with E-state index >= 15 is 0 Å². The summed E-state index contributed by atoms with van der Waals surface area (Å²) in [6.07, 6.45) is -0.0127. The SMILES string of the molecule is CN(C)Cc1ccc(-c2cn(Cc3ncc(-c4nnc(C(F)F)o4)cc3F)nn2)c(Cl)c1. The van der Waals surface area contributed by atoms with Crippen LogP contribution in [-0.2, 0) is 13.1 Å². The van der Waals surface area contributed by atoms with Crippen LogP contribution in [0.3, 0.4) is 0 Å². The molecule has 0 N–H and O–H groups in total. The zero-order valence-electron chi connectivity index (χ0n) is 17.0. The fourth-order valence-corrected chi connectivity index (χ4v) is 3.32. The molecular weight excluding hydrogens is 447 g/mol. The lowest BCUT2D eigenvalue weighted by Crippen LogP contribution is -2.10. The first-order valence-corrected chi connectivity index (χ1v) is 9.78. The smallest absolute Gasteiger partial charge is 0.314 e. The molecule has 32 heavy (non-hydrogen) atoms. The molecule has 3 aromatic heterocycles. The topological polar surface area (TPSA) is 85.8 Å². The molecular formula is C20H17ClF3N7O. The summed E-state index contributed by atoms with van der Waals surface area (Å²) in [4.78, 5) is 6.07. The average Bonchev–Trinajstić information content (AvgIpc) is 3.39. The van der Waals surface area contributed by atoms with Gasteiger partial charge in [-0.05, 0) is 31.8 Å². The maximum Gasteiger partial charge on any atom is 0.314 e. The molecule has 0 bridgehead atoms. The van der Waals surface area contributed by atoms with Crippen molar-refractivity contribution in [2.45, 2.75) is 19.5 Å². The molecule has 0 saturated carbocycles. The Hall–Kier alpha value is -3.31. The van der Waals surface area contributed by atoms with Gasteiger partial charge in [0.05, 0.1) is 29.0 Å². The average molecular weight is 464 g/mol. The Balaban J connectivity index is 1.51. The molecule has 8 nitrogen and oxygen atoms in total. The lowest BCUT2D eigenvalue weighted by molar-refractivity contribution is 0.116. The van der Waals surface area contributed by atoms with Crippen LogP contribution in [0.1, 0.15) is 23.6 Å². The van der Waals surface area contributed by atoms with Crippen LogP contribution < -0.4 is 0 Å². The van der Waals surface area contributed by atoms with Gasteiger partial charge in [0.1, 0.15) is 11.5 Å². The Morgan fingerprint density at radius 2 is 1.97 bits per heavy atom. The highest BCUT2D eigenvalue weighted by Crippen LogP contribution is 2.28. The van der Waals surface area contributed by atoms with Crippen molar-refractivity contribution in [1.29, 1.82) is 0 Å². The molecule has 4 aromatic rings. The van der Waals surface area contributed by atoms with Crippen molar-refractivity contribution in [3.05, 3.63) is 64.6 Å². The second-order valence-corrected chi connectivity index (χ2v) is 7.66. The molecule has 0 unspecified atom stereocenters. The maximum absolute atomic E-state index is 14.5. The van der Waals surface area contributed by atoms with E-state index in [-0.39, 0.29) is 23.7 Å². The molecule has 0 spiro atoms. The quantitative estimate of drug-likeness (QED) is 0.405. The van der Waals surface area contributed by atoms with Crippen molar-refractivity contribution in [2.75, 3.05) is 14.1 Å². The summed E-state index contributed by atoms with van der Waals surface area (Å²) in [7, 11) is 3.94. The molecule has 166 valence electrons. The van der Waals surface area contributed by atoms with Gasteiger partial charge >= 0.3 is 6.43 Å². The number of benzene rings is 1. The first kappa shape index (κ1) is 21.9. The second kappa shape index (κ2) is 9.05. The summed E-state index contributed by atoms with van der Waals surface area (Å²) < 4.78 is 46.0. The Bertz CT molecular complexity index is 1240. The van der Waals surface area contributed by atoms with Crippen LogP contribution in [-0.4, -0.2) is 49.2 Å². The lowest BCUT2D eigenvalue weighted by atomic mass is 10.1. The van der Waals surface area contributed by atoms with Crippen molar-refractivity contribution in [3.8, 4) is 22.7 Å². The lowest BCUT2D eigenvalue weighted by Gasteiger charge is -2.10. The third-order valence-corrected chi connectivity index (χ3v) is 4.76. The van der Waals surface area contributed by atoms with Crippen LogP contribution in [0.2, 0.25) is 5.02 Å². The maximum atomic E-state index is 14.5. The van der Waals surface area contributed by atoms with Gasteiger partial charge in [-0.1, -0.05) is 28.9 Å². The van der Waals surface area contributed by atoms with Crippen LogP contribution in [0.15, 0.2) is 41.1 Å². The van der Waals surface area contributed by atoms with Crippen LogP contribution in [0.25, 0.3) is 22.7 Å². The Morgan fingerprint density at radius 1 is 1.16 bits per heavy atom. The first-order valence-electron chi connectivity index (χ1n) is 9.40. The monoisotopic (exact) mass is 463 g/mol. The summed E-state index contributed by atoms with van der Waals surface area (Å²) in [5, 5.41) is 15.4. The molecule has 4 rings (SSSR count). The first-order chi connectivity index (χ1) is 15.3. The van der Waals surface area contributed by atoms with Gasteiger partial charge in [0.15, 0.2) is 0 Å². The summed E-state index contributed by atoms with van der Waals surface area (Å²) >= 11 is 6.40. The molecule has 0 amide bonds. The molecule has 3 heterocycles. The highest BCUT2D eigenvalue weighted by Gasteiger charge is 2.18. The minimum absolute atomic E-state index is 0.00155. The Morgan fingerprint density at radius 3 is 2.62 bits per heavy atom. The molecule has 0 fully saturated rings. The molecule has 0 saturated heterocycles. The van der Waals surface area contributed by atoms with Gasteiger partial charge < -0.3 is 9.32 Å². The standard InChI is InChI=1S/C20H17ClF3N7O/c1-30(2)8-11-3-4-13(14(21)5-11)16-9-31(29-26-16)10-17-15(22)6-12(7-25-17)19-27-28-20(32-19)18(23)24/h3-7,9,18H,8,10H2,1-2H3. The van der Waals surface area contributed by atoms with Gasteiger partial charge in [-0.2, -0.15) is 8.78 Å². The molecule has 0 aliphatic heterocycles. The molecule has 0 radical (unpaired) electrons. The van der Waals surface area contributed by atoms with Gasteiger partial charge in [-0.3, -0.25) is 4.98 Å². The van der Waals surface area contributed by atoms with Gasteiger partial charge in [-0.15, -0.1) is 15.3 Å². The minimum Gasteiger partial charge on any atom is -0.415 e. The minimum atomic E-state index is -2.91. The van der Waals surface area contributed by atoms with E-state index in [0.29, 0.717) is 16.3 Å². The summed E-state index contributed by atoms with van der Waals surface area (Å²) in [5.74, 6) is -1.76. The van der Waals surface area contributed by atoms with Crippen LogP contribution in [0, 0.1) is 5.82 Å². The molecule has 0 atom stereocenters. The van der Waals surface area contributed by atoms with Gasteiger partial charge in [0, 0.05) is 18.3 Å². The highest BCUT2D eigenvalue weighted by molar-refractivity contribution is 6.33. The third kappa shape index (κ3) is 4.78. The predicted octanol–water partition coefficient (Wildman–Crippen LogP) is 4.23. The third-order valence-electron chi connectivity index (χ3n) is 4.45. The van der Waals surface area contributed by atoms with Crippen LogP contribution >= 0.6 is 11.6 Å². The number of hydrogen-bond acceptors (Lipinski definition) is 7. The van der Waals surface area contributed by atoms with Crippen molar-refractivity contribution < 1.29 is 17.6 Å². The highest BCUT2D eigenvalue weighted by atomic mass is 35.5. The van der Waals surface area contributed by atoms with Crippen molar-refractivity contribution in [1.82, 2.24) is 35.1 Å².